The fourth-order valence-electron chi connectivity index (χ4n) is 5.20. The third-order valence-electron chi connectivity index (χ3n) is 8.11. The summed E-state index contributed by atoms with van der Waals surface area (Å²) in [5, 5.41) is 13.5. The van der Waals surface area contributed by atoms with Crippen molar-refractivity contribution in [2.75, 3.05) is 45.8 Å². The van der Waals surface area contributed by atoms with Crippen molar-refractivity contribution in [3.05, 3.63) is 11.6 Å². The van der Waals surface area contributed by atoms with Gasteiger partial charge < -0.3 is 21.3 Å². The normalized spacial score (nSPS) is 21.1. The first kappa shape index (κ1) is 48.5. The van der Waals surface area contributed by atoms with Gasteiger partial charge in [-0.3, -0.25) is 0 Å². The van der Waals surface area contributed by atoms with Crippen LogP contribution in [0.4, 0.5) is 0 Å². The predicted octanol–water partition coefficient (Wildman–Crippen LogP) is 9.96. The molecule has 0 spiro atoms. The summed E-state index contributed by atoms with van der Waals surface area (Å²) in [5.74, 6) is 5.31. The highest BCUT2D eigenvalue weighted by Crippen LogP contribution is 2.20. The van der Waals surface area contributed by atoms with Gasteiger partial charge in [0.15, 0.2) is 0 Å². The number of nitrogens with one attached hydrogen (secondary N) is 4. The number of hydrogen-bond acceptors (Lipinski definition) is 4. The summed E-state index contributed by atoms with van der Waals surface area (Å²) in [6.45, 7) is 42.8. The minimum Gasteiger partial charge on any atom is -0.317 e. The SMILES string of the molecule is CC.CC.CC.CC.CC(C)C1=CCNCC1.CC(C)C1CCCN1.CC(C)C1CCNC1.CC(C)C1CCNCC1. The van der Waals surface area contributed by atoms with Gasteiger partial charge in [0.25, 0.3) is 0 Å². The molecule has 0 aromatic heterocycles. The molecule has 258 valence electrons. The fourth-order valence-corrected chi connectivity index (χ4v) is 5.20. The number of rotatable bonds is 4. The van der Waals surface area contributed by atoms with E-state index >= 15 is 0 Å². The molecule has 0 bridgehead atoms. The van der Waals surface area contributed by atoms with Crippen molar-refractivity contribution in [2.24, 2.45) is 35.5 Å². The lowest BCUT2D eigenvalue weighted by Gasteiger charge is -2.25. The minimum absolute atomic E-state index is 0.757. The zero-order chi connectivity index (χ0) is 33.3. The van der Waals surface area contributed by atoms with Crippen LogP contribution in [0.5, 0.6) is 0 Å². The predicted molar refractivity (Wildman–Crippen MR) is 198 cm³/mol. The lowest BCUT2D eigenvalue weighted by Crippen LogP contribution is -2.29. The molecule has 0 saturated carbocycles. The van der Waals surface area contributed by atoms with Gasteiger partial charge in [0.1, 0.15) is 0 Å². The van der Waals surface area contributed by atoms with Crippen molar-refractivity contribution in [3.8, 4) is 0 Å². The Morgan fingerprint density at radius 3 is 1.29 bits per heavy atom. The van der Waals surface area contributed by atoms with Crippen molar-refractivity contribution >= 4 is 0 Å². The van der Waals surface area contributed by atoms with Crippen LogP contribution >= 0.6 is 0 Å². The molecule has 4 N–H and O–H groups in total. The first-order valence-corrected chi connectivity index (χ1v) is 18.8. The quantitative estimate of drug-likeness (QED) is 0.243. The fraction of sp³-hybridized carbons (Fsp3) is 0.947. The van der Waals surface area contributed by atoms with Gasteiger partial charge in [-0.15, -0.1) is 0 Å². The van der Waals surface area contributed by atoms with Crippen LogP contribution in [0.15, 0.2) is 11.6 Å². The third kappa shape index (κ3) is 28.4. The molecule has 0 radical (unpaired) electrons. The number of hydrogen-bond donors (Lipinski definition) is 4. The molecule has 4 heteroatoms. The van der Waals surface area contributed by atoms with Gasteiger partial charge in [-0.05, 0) is 113 Å². The van der Waals surface area contributed by atoms with E-state index in [0.717, 1.165) is 48.1 Å². The standard InChI is InChI=1S/C8H17N.C8H15N.2C7H15N.4C2H6/c2*1-7(2)8-3-5-9-6-4-8;1-6(2)7-3-4-8-5-7;1-6(2)7-4-3-5-8-7;4*1-2/h7-9H,3-6H2,1-2H3;3,7,9H,4-6H2,1-2H3;2*6-8H,3-5H2,1-2H3;4*1-2H3. The maximum Gasteiger partial charge on any atom is 0.0137 e. The molecular weight excluding hydrogens is 512 g/mol. The molecule has 4 rings (SSSR count). The molecular formula is C38H86N4. The molecule has 2 atom stereocenters. The van der Waals surface area contributed by atoms with Crippen LogP contribution in [0.3, 0.4) is 0 Å². The Kier molecular flexibility index (Phi) is 42.4. The van der Waals surface area contributed by atoms with Gasteiger partial charge >= 0.3 is 0 Å². The highest BCUT2D eigenvalue weighted by atomic mass is 14.9. The van der Waals surface area contributed by atoms with E-state index in [0.29, 0.717) is 0 Å². The second-order valence-corrected chi connectivity index (χ2v) is 12.2. The van der Waals surface area contributed by atoms with E-state index in [4.69, 9.17) is 0 Å². The summed E-state index contributed by atoms with van der Waals surface area (Å²) in [6.07, 6.45) is 10.5. The van der Waals surface area contributed by atoms with Crippen molar-refractivity contribution in [3.63, 3.8) is 0 Å². The van der Waals surface area contributed by atoms with Crippen LogP contribution in [-0.4, -0.2) is 51.9 Å². The summed E-state index contributed by atoms with van der Waals surface area (Å²) in [5.41, 5.74) is 1.62. The lowest BCUT2D eigenvalue weighted by atomic mass is 9.87. The Hall–Kier alpha value is -0.420. The number of piperidine rings is 1. The molecule has 0 aromatic rings. The van der Waals surface area contributed by atoms with Crippen LogP contribution in [-0.2, 0) is 0 Å². The van der Waals surface area contributed by atoms with Crippen molar-refractivity contribution < 1.29 is 0 Å². The molecule has 2 unspecified atom stereocenters. The summed E-state index contributed by atoms with van der Waals surface area (Å²) >= 11 is 0. The molecule has 0 aliphatic carbocycles. The summed E-state index contributed by atoms with van der Waals surface area (Å²) in [6, 6.07) is 0.815. The average molecular weight is 599 g/mol. The van der Waals surface area contributed by atoms with Gasteiger partial charge in [-0.2, -0.15) is 0 Å². The van der Waals surface area contributed by atoms with Crippen LogP contribution in [0.25, 0.3) is 0 Å². The largest absolute Gasteiger partial charge is 0.317 e. The lowest BCUT2D eigenvalue weighted by molar-refractivity contribution is 0.292. The summed E-state index contributed by atoms with van der Waals surface area (Å²) in [7, 11) is 0. The molecule has 4 heterocycles. The van der Waals surface area contributed by atoms with Gasteiger partial charge in [-0.1, -0.05) is 122 Å². The van der Waals surface area contributed by atoms with E-state index in [2.05, 4.69) is 82.7 Å². The van der Waals surface area contributed by atoms with Gasteiger partial charge in [-0.25, -0.2) is 0 Å². The Balaban J connectivity index is -0.000000212. The monoisotopic (exact) mass is 599 g/mol. The maximum atomic E-state index is 3.46. The second-order valence-electron chi connectivity index (χ2n) is 12.2. The van der Waals surface area contributed by atoms with E-state index in [1.165, 1.54) is 77.8 Å². The smallest absolute Gasteiger partial charge is 0.0137 e. The molecule has 0 aromatic carbocycles. The Morgan fingerprint density at radius 1 is 0.548 bits per heavy atom. The van der Waals surface area contributed by atoms with Crippen molar-refractivity contribution in [1.82, 2.24) is 21.3 Å². The molecule has 3 saturated heterocycles. The molecule has 4 nitrogen and oxygen atoms in total. The van der Waals surface area contributed by atoms with Gasteiger partial charge in [0, 0.05) is 12.6 Å². The average Bonchev–Trinajstić information content (AvgIpc) is 3.79. The molecule has 4 aliphatic heterocycles. The van der Waals surface area contributed by atoms with Crippen LogP contribution in [0.2, 0.25) is 0 Å². The second kappa shape index (κ2) is 36.8. The Labute approximate surface area is 269 Å². The summed E-state index contributed by atoms with van der Waals surface area (Å²) in [4.78, 5) is 0. The first-order valence-electron chi connectivity index (χ1n) is 18.8. The van der Waals surface area contributed by atoms with Crippen LogP contribution in [0, 0.1) is 35.5 Å². The van der Waals surface area contributed by atoms with E-state index in [9.17, 15) is 0 Å². The highest BCUT2D eigenvalue weighted by molar-refractivity contribution is 5.08. The minimum atomic E-state index is 0.757. The molecule has 0 amide bonds. The zero-order valence-electron chi connectivity index (χ0n) is 32.3. The highest BCUT2D eigenvalue weighted by Gasteiger charge is 2.17. The van der Waals surface area contributed by atoms with E-state index in [-0.39, 0.29) is 0 Å². The molecule has 4 aliphatic rings. The summed E-state index contributed by atoms with van der Waals surface area (Å²) < 4.78 is 0. The van der Waals surface area contributed by atoms with Gasteiger partial charge in [0.05, 0.1) is 0 Å². The zero-order valence-corrected chi connectivity index (χ0v) is 32.3. The van der Waals surface area contributed by atoms with Crippen LogP contribution in [0.1, 0.15) is 149 Å². The van der Waals surface area contributed by atoms with Crippen LogP contribution < -0.4 is 21.3 Å². The van der Waals surface area contributed by atoms with Crippen molar-refractivity contribution in [2.45, 2.75) is 155 Å². The van der Waals surface area contributed by atoms with E-state index in [1.807, 2.05) is 55.4 Å². The van der Waals surface area contributed by atoms with E-state index in [1.54, 1.807) is 5.57 Å². The topological polar surface area (TPSA) is 48.1 Å². The van der Waals surface area contributed by atoms with E-state index < -0.39 is 0 Å². The Bertz CT molecular complexity index is 475. The first-order chi connectivity index (χ1) is 20.2. The maximum absolute atomic E-state index is 3.46. The van der Waals surface area contributed by atoms with Gasteiger partial charge in [0.2, 0.25) is 0 Å². The van der Waals surface area contributed by atoms with Crippen molar-refractivity contribution in [1.29, 1.82) is 0 Å². The molecule has 42 heavy (non-hydrogen) atoms. The Morgan fingerprint density at radius 2 is 1.05 bits per heavy atom. The third-order valence-corrected chi connectivity index (χ3v) is 8.11. The molecule has 3 fully saturated rings.